The van der Waals surface area contributed by atoms with Crippen LogP contribution in [0.2, 0.25) is 0 Å². The topological polar surface area (TPSA) is 130 Å². The van der Waals surface area contributed by atoms with Crippen molar-refractivity contribution < 1.29 is 18.0 Å². The Labute approximate surface area is 258 Å². The number of benzene rings is 2. The van der Waals surface area contributed by atoms with Crippen LogP contribution in [0.15, 0.2) is 77.6 Å². The molecule has 3 aliphatic rings. The predicted octanol–water partition coefficient (Wildman–Crippen LogP) is 3.28. The number of nitrogens with zero attached hydrogens (tertiary/aromatic N) is 5. The van der Waals surface area contributed by atoms with Crippen LogP contribution < -0.4 is 5.14 Å². The molecule has 230 valence electrons. The van der Waals surface area contributed by atoms with Crippen molar-refractivity contribution in [2.24, 2.45) is 11.1 Å². The zero-order chi connectivity index (χ0) is 31.1. The minimum atomic E-state index is -3.81. The maximum absolute atomic E-state index is 13.3. The van der Waals surface area contributed by atoms with E-state index in [4.69, 9.17) is 5.14 Å². The molecule has 2 aromatic carbocycles. The third-order valence-corrected chi connectivity index (χ3v) is 10.5. The summed E-state index contributed by atoms with van der Waals surface area (Å²) in [5.41, 5.74) is 5.02. The lowest BCUT2D eigenvalue weighted by molar-refractivity contribution is 0.0650. The average molecular weight is 615 g/mol. The Kier molecular flexibility index (Phi) is 8.12. The molecule has 3 aromatic rings. The summed E-state index contributed by atoms with van der Waals surface area (Å²) >= 11 is 0. The molecule has 2 amide bonds. The van der Waals surface area contributed by atoms with E-state index >= 15 is 0 Å². The Balaban J connectivity index is 1.10. The molecule has 44 heavy (non-hydrogen) atoms. The van der Waals surface area contributed by atoms with Gasteiger partial charge in [0.15, 0.2) is 0 Å². The van der Waals surface area contributed by atoms with Gasteiger partial charge in [0, 0.05) is 50.4 Å². The Hall–Kier alpha value is -3.93. The molecule has 2 saturated heterocycles. The number of likely N-dealkylation sites (tertiary alicyclic amines) is 2. The van der Waals surface area contributed by atoms with Crippen molar-refractivity contribution in [1.29, 1.82) is 0 Å². The SMILES string of the molecule is Cc1ncnc(C)c1C(=O)N1C=C2CN(CCC3(c4ccccc4)CCN(C(=O)c4ccc(S(N)(=O)=O)cc4)CC3)CC2C1. The largest absolute Gasteiger partial charge is 0.339 e. The highest BCUT2D eigenvalue weighted by Gasteiger charge is 2.40. The van der Waals surface area contributed by atoms with Gasteiger partial charge in [0.25, 0.3) is 11.8 Å². The fourth-order valence-electron chi connectivity index (χ4n) is 7.00. The van der Waals surface area contributed by atoms with Gasteiger partial charge in [0.1, 0.15) is 6.33 Å². The summed E-state index contributed by atoms with van der Waals surface area (Å²) in [4.78, 5) is 41.2. The van der Waals surface area contributed by atoms with Gasteiger partial charge in [0.2, 0.25) is 10.0 Å². The van der Waals surface area contributed by atoms with Crippen LogP contribution in [-0.4, -0.2) is 84.2 Å². The van der Waals surface area contributed by atoms with Crippen molar-refractivity contribution in [3.8, 4) is 0 Å². The quantitative estimate of drug-likeness (QED) is 0.432. The molecule has 10 nitrogen and oxygen atoms in total. The molecule has 11 heteroatoms. The molecule has 0 bridgehead atoms. The molecule has 4 heterocycles. The summed E-state index contributed by atoms with van der Waals surface area (Å²) in [5, 5.41) is 5.21. The first kappa shape index (κ1) is 30.1. The average Bonchev–Trinajstić information content (AvgIpc) is 3.59. The van der Waals surface area contributed by atoms with Crippen molar-refractivity contribution in [3.63, 3.8) is 0 Å². The summed E-state index contributed by atoms with van der Waals surface area (Å²) in [6.45, 7) is 8.33. The van der Waals surface area contributed by atoms with E-state index in [0.717, 1.165) is 38.9 Å². The van der Waals surface area contributed by atoms with E-state index in [9.17, 15) is 18.0 Å². The first-order chi connectivity index (χ1) is 21.0. The number of sulfonamides is 1. The molecule has 6 rings (SSSR count). The number of amides is 2. The zero-order valence-electron chi connectivity index (χ0n) is 25.1. The highest BCUT2D eigenvalue weighted by molar-refractivity contribution is 7.89. The normalized spacial score (nSPS) is 20.0. The number of aromatic nitrogens is 2. The highest BCUT2D eigenvalue weighted by Crippen LogP contribution is 2.40. The maximum atomic E-state index is 13.3. The minimum absolute atomic E-state index is 0.00657. The molecule has 1 atom stereocenters. The van der Waals surface area contributed by atoms with E-state index in [1.54, 1.807) is 0 Å². The summed E-state index contributed by atoms with van der Waals surface area (Å²) in [6.07, 6.45) is 6.20. The number of hydrogen-bond acceptors (Lipinski definition) is 7. The van der Waals surface area contributed by atoms with Gasteiger partial charge in [-0.25, -0.2) is 23.5 Å². The van der Waals surface area contributed by atoms with Crippen LogP contribution in [0.1, 0.15) is 56.9 Å². The smallest absolute Gasteiger partial charge is 0.261 e. The Morgan fingerprint density at radius 2 is 1.59 bits per heavy atom. The van der Waals surface area contributed by atoms with Crippen LogP contribution >= 0.6 is 0 Å². The molecular weight excluding hydrogens is 576 g/mol. The molecule has 0 aliphatic carbocycles. The first-order valence-electron chi connectivity index (χ1n) is 15.0. The van der Waals surface area contributed by atoms with Gasteiger partial charge >= 0.3 is 0 Å². The Bertz CT molecular complexity index is 1680. The third-order valence-electron chi connectivity index (χ3n) is 9.58. The standard InChI is InChI=1S/C33H38N6O4S/c1-23-30(24(2)36-22-35-23)32(41)39-20-26-18-37(19-27(26)21-39)15-12-33(28-6-4-3-5-7-28)13-16-38(17-14-33)31(40)25-8-10-29(11-9-25)44(34,42)43/h3-11,20,22,27H,12-19,21H2,1-2H3,(H2,34,42,43). The molecule has 1 aromatic heterocycles. The van der Waals surface area contributed by atoms with Crippen LogP contribution in [0.25, 0.3) is 0 Å². The highest BCUT2D eigenvalue weighted by atomic mass is 32.2. The molecule has 0 spiro atoms. The molecule has 2 fully saturated rings. The van der Waals surface area contributed by atoms with Crippen molar-refractivity contribution >= 4 is 21.8 Å². The van der Waals surface area contributed by atoms with Crippen molar-refractivity contribution in [3.05, 3.63) is 101 Å². The van der Waals surface area contributed by atoms with Crippen molar-refractivity contribution in [2.75, 3.05) is 39.3 Å². The minimum Gasteiger partial charge on any atom is -0.339 e. The van der Waals surface area contributed by atoms with E-state index in [2.05, 4.69) is 39.1 Å². The van der Waals surface area contributed by atoms with Crippen LogP contribution in [0, 0.1) is 19.8 Å². The number of carbonyl (C=O) groups excluding carboxylic acids is 2. The number of hydrogen-bond donors (Lipinski definition) is 1. The second kappa shape index (κ2) is 11.9. The zero-order valence-corrected chi connectivity index (χ0v) is 26.0. The van der Waals surface area contributed by atoms with Crippen LogP contribution in [0.4, 0.5) is 0 Å². The molecule has 2 N–H and O–H groups in total. The predicted molar refractivity (Wildman–Crippen MR) is 166 cm³/mol. The number of rotatable bonds is 7. The van der Waals surface area contributed by atoms with Crippen LogP contribution in [-0.2, 0) is 15.4 Å². The summed E-state index contributed by atoms with van der Waals surface area (Å²) in [7, 11) is -3.81. The molecule has 0 radical (unpaired) electrons. The van der Waals surface area contributed by atoms with Crippen molar-refractivity contribution in [2.45, 2.75) is 43.4 Å². The van der Waals surface area contributed by atoms with E-state index in [1.807, 2.05) is 35.9 Å². The van der Waals surface area contributed by atoms with Crippen molar-refractivity contribution in [1.82, 2.24) is 24.7 Å². The van der Waals surface area contributed by atoms with Gasteiger partial charge in [-0.3, -0.25) is 14.5 Å². The van der Waals surface area contributed by atoms with Crippen LogP contribution in [0.3, 0.4) is 0 Å². The fraction of sp³-hybridized carbons (Fsp3) is 0.394. The van der Waals surface area contributed by atoms with Gasteiger partial charge < -0.3 is 9.80 Å². The summed E-state index contributed by atoms with van der Waals surface area (Å²) < 4.78 is 23.2. The number of primary sulfonamides is 1. The van der Waals surface area contributed by atoms with E-state index in [0.29, 0.717) is 48.1 Å². The summed E-state index contributed by atoms with van der Waals surface area (Å²) in [6, 6.07) is 16.4. The van der Waals surface area contributed by atoms with Gasteiger partial charge in [-0.05, 0) is 80.5 Å². The van der Waals surface area contributed by atoms with Gasteiger partial charge in [-0.15, -0.1) is 0 Å². The number of fused-ring (bicyclic) bond motifs is 1. The van der Waals surface area contributed by atoms with Gasteiger partial charge in [-0.2, -0.15) is 0 Å². The maximum Gasteiger partial charge on any atom is 0.261 e. The van der Waals surface area contributed by atoms with Gasteiger partial charge in [-0.1, -0.05) is 30.3 Å². The monoisotopic (exact) mass is 614 g/mol. The number of nitrogens with two attached hydrogens (primary N) is 1. The summed E-state index contributed by atoms with van der Waals surface area (Å²) in [5.74, 6) is 0.203. The first-order valence-corrected chi connectivity index (χ1v) is 16.6. The molecule has 3 aliphatic heterocycles. The van der Waals surface area contributed by atoms with E-state index < -0.39 is 10.0 Å². The number of carbonyl (C=O) groups is 2. The van der Waals surface area contributed by atoms with Crippen LogP contribution in [0.5, 0.6) is 0 Å². The van der Waals surface area contributed by atoms with Gasteiger partial charge in [0.05, 0.1) is 21.8 Å². The lowest BCUT2D eigenvalue weighted by atomic mass is 9.70. The fourth-order valence-corrected chi connectivity index (χ4v) is 7.52. The lowest BCUT2D eigenvalue weighted by Crippen LogP contribution is -2.46. The Morgan fingerprint density at radius 3 is 2.20 bits per heavy atom. The molecule has 0 saturated carbocycles. The third kappa shape index (κ3) is 5.91. The lowest BCUT2D eigenvalue weighted by Gasteiger charge is -2.43. The van der Waals surface area contributed by atoms with E-state index in [-0.39, 0.29) is 22.1 Å². The second-order valence-electron chi connectivity index (χ2n) is 12.3. The number of piperidine rings is 1. The Morgan fingerprint density at radius 1 is 0.932 bits per heavy atom. The molecular formula is C33H38N6O4S. The number of aryl methyl sites for hydroxylation is 2. The second-order valence-corrected chi connectivity index (χ2v) is 13.8. The van der Waals surface area contributed by atoms with E-state index in [1.165, 1.54) is 41.7 Å². The molecule has 1 unspecified atom stereocenters.